The molecule has 0 amide bonds. The Morgan fingerprint density at radius 2 is 1.75 bits per heavy atom. The lowest BCUT2D eigenvalue weighted by atomic mass is 9.91. The number of ether oxygens (including phenoxy) is 1. The molecular weight excluding hydrogens is 200 g/mol. The Bertz CT molecular complexity index is 189. The van der Waals surface area contributed by atoms with Crippen molar-refractivity contribution >= 4 is 5.78 Å². The van der Waals surface area contributed by atoms with E-state index >= 15 is 0 Å². The molecule has 0 aromatic heterocycles. The van der Waals surface area contributed by atoms with Gasteiger partial charge in [-0.2, -0.15) is 0 Å². The molecule has 0 N–H and O–H groups in total. The molecule has 0 fully saturated rings. The normalized spacial score (nSPS) is 14.8. The Morgan fingerprint density at radius 1 is 1.06 bits per heavy atom. The topological polar surface area (TPSA) is 26.3 Å². The minimum absolute atomic E-state index is 0.277. The second-order valence-electron chi connectivity index (χ2n) is 4.71. The van der Waals surface area contributed by atoms with E-state index in [1.54, 1.807) is 0 Å². The Labute approximate surface area is 101 Å². The summed E-state index contributed by atoms with van der Waals surface area (Å²) in [7, 11) is 0. The summed E-state index contributed by atoms with van der Waals surface area (Å²) < 4.78 is 5.79. The minimum Gasteiger partial charge on any atom is -0.368 e. The van der Waals surface area contributed by atoms with Gasteiger partial charge in [0.2, 0.25) is 0 Å². The van der Waals surface area contributed by atoms with Crippen molar-refractivity contribution in [2.24, 2.45) is 0 Å². The Morgan fingerprint density at radius 3 is 2.25 bits per heavy atom. The van der Waals surface area contributed by atoms with Crippen molar-refractivity contribution in [1.82, 2.24) is 0 Å². The van der Waals surface area contributed by atoms with Gasteiger partial charge in [-0.3, -0.25) is 4.79 Å². The average Bonchev–Trinajstić information content (AvgIpc) is 2.27. The van der Waals surface area contributed by atoms with Crippen LogP contribution in [0.1, 0.15) is 72.6 Å². The molecule has 1 unspecified atom stereocenters. The number of hydrogen-bond donors (Lipinski definition) is 0. The van der Waals surface area contributed by atoms with Gasteiger partial charge < -0.3 is 4.74 Å². The van der Waals surface area contributed by atoms with Crippen molar-refractivity contribution in [3.8, 4) is 0 Å². The largest absolute Gasteiger partial charge is 0.368 e. The van der Waals surface area contributed by atoms with Crippen LogP contribution in [0.3, 0.4) is 0 Å². The standard InChI is InChI=1S/C14H28O2/c1-5-8-9-11-14(4,16-12-7-3)13(15)10-6-2/h5-12H2,1-4H3. The van der Waals surface area contributed by atoms with Crippen molar-refractivity contribution in [3.05, 3.63) is 0 Å². The van der Waals surface area contributed by atoms with E-state index in [0.717, 1.165) is 25.7 Å². The van der Waals surface area contributed by atoms with Crippen LogP contribution in [0.25, 0.3) is 0 Å². The van der Waals surface area contributed by atoms with E-state index in [-0.39, 0.29) is 5.78 Å². The van der Waals surface area contributed by atoms with Gasteiger partial charge >= 0.3 is 0 Å². The summed E-state index contributed by atoms with van der Waals surface area (Å²) in [4.78, 5) is 12.0. The second kappa shape index (κ2) is 8.74. The SMILES string of the molecule is CCCCCC(C)(OCCC)C(=O)CCC. The van der Waals surface area contributed by atoms with Crippen molar-refractivity contribution in [2.75, 3.05) is 6.61 Å². The van der Waals surface area contributed by atoms with Gasteiger partial charge in [0.25, 0.3) is 0 Å². The number of unbranched alkanes of at least 4 members (excludes halogenated alkanes) is 2. The predicted octanol–water partition coefficient (Wildman–Crippen LogP) is 4.12. The van der Waals surface area contributed by atoms with Crippen LogP contribution in [-0.2, 0) is 9.53 Å². The molecule has 0 aromatic carbocycles. The molecule has 0 aliphatic heterocycles. The molecule has 0 spiro atoms. The van der Waals surface area contributed by atoms with Gasteiger partial charge in [-0.15, -0.1) is 0 Å². The van der Waals surface area contributed by atoms with Crippen LogP contribution in [0.2, 0.25) is 0 Å². The summed E-state index contributed by atoms with van der Waals surface area (Å²) in [6, 6.07) is 0. The van der Waals surface area contributed by atoms with Crippen molar-refractivity contribution < 1.29 is 9.53 Å². The molecule has 0 aromatic rings. The molecular formula is C14H28O2. The van der Waals surface area contributed by atoms with E-state index in [1.165, 1.54) is 12.8 Å². The van der Waals surface area contributed by atoms with Gasteiger partial charge in [-0.05, 0) is 26.2 Å². The first-order valence-electron chi connectivity index (χ1n) is 6.78. The maximum Gasteiger partial charge on any atom is 0.164 e. The zero-order valence-electron chi connectivity index (χ0n) is 11.5. The highest BCUT2D eigenvalue weighted by atomic mass is 16.5. The molecule has 0 rings (SSSR count). The summed E-state index contributed by atoms with van der Waals surface area (Å²) in [5.74, 6) is 0.277. The Kier molecular flexibility index (Phi) is 8.54. The molecule has 16 heavy (non-hydrogen) atoms. The van der Waals surface area contributed by atoms with Crippen molar-refractivity contribution in [2.45, 2.75) is 78.2 Å². The molecule has 96 valence electrons. The monoisotopic (exact) mass is 228 g/mol. The number of carbonyl (C=O) groups is 1. The van der Waals surface area contributed by atoms with E-state index in [4.69, 9.17) is 4.74 Å². The lowest BCUT2D eigenvalue weighted by molar-refractivity contribution is -0.143. The van der Waals surface area contributed by atoms with Crippen LogP contribution < -0.4 is 0 Å². The molecule has 1 atom stereocenters. The van der Waals surface area contributed by atoms with Crippen molar-refractivity contribution in [3.63, 3.8) is 0 Å². The number of carbonyl (C=O) groups excluding carboxylic acids is 1. The van der Waals surface area contributed by atoms with Gasteiger partial charge in [0.15, 0.2) is 5.78 Å². The predicted molar refractivity (Wildman–Crippen MR) is 68.7 cm³/mol. The van der Waals surface area contributed by atoms with Gasteiger partial charge in [0.1, 0.15) is 5.60 Å². The Balaban J connectivity index is 4.28. The maximum absolute atomic E-state index is 12.0. The molecule has 0 bridgehead atoms. The quantitative estimate of drug-likeness (QED) is 0.526. The summed E-state index contributed by atoms with van der Waals surface area (Å²) in [6.07, 6.45) is 6.87. The van der Waals surface area contributed by atoms with Crippen LogP contribution in [0.15, 0.2) is 0 Å². The zero-order chi connectivity index (χ0) is 12.4. The van der Waals surface area contributed by atoms with E-state index in [9.17, 15) is 4.79 Å². The van der Waals surface area contributed by atoms with Gasteiger partial charge in [0.05, 0.1) is 0 Å². The second-order valence-corrected chi connectivity index (χ2v) is 4.71. The van der Waals surface area contributed by atoms with E-state index in [0.29, 0.717) is 13.0 Å². The highest BCUT2D eigenvalue weighted by Gasteiger charge is 2.32. The molecule has 0 aliphatic rings. The third kappa shape index (κ3) is 5.64. The molecule has 0 saturated heterocycles. The summed E-state index contributed by atoms with van der Waals surface area (Å²) >= 11 is 0. The van der Waals surface area contributed by atoms with Crippen LogP contribution >= 0.6 is 0 Å². The fourth-order valence-electron chi connectivity index (χ4n) is 1.82. The molecule has 0 aliphatic carbocycles. The van der Waals surface area contributed by atoms with Crippen LogP contribution in [-0.4, -0.2) is 18.0 Å². The molecule has 0 saturated carbocycles. The smallest absolute Gasteiger partial charge is 0.164 e. The maximum atomic E-state index is 12.0. The van der Waals surface area contributed by atoms with Gasteiger partial charge in [0, 0.05) is 13.0 Å². The summed E-state index contributed by atoms with van der Waals surface area (Å²) in [5, 5.41) is 0. The number of Topliss-reactive ketones (excluding diaryl/α,β-unsaturated/α-hetero) is 1. The van der Waals surface area contributed by atoms with E-state index < -0.39 is 5.60 Å². The third-order valence-corrected chi connectivity index (χ3v) is 2.95. The fourth-order valence-corrected chi connectivity index (χ4v) is 1.82. The molecule has 0 radical (unpaired) electrons. The lowest BCUT2D eigenvalue weighted by Gasteiger charge is -2.28. The van der Waals surface area contributed by atoms with Crippen LogP contribution in [0.5, 0.6) is 0 Å². The fraction of sp³-hybridized carbons (Fsp3) is 0.929. The highest BCUT2D eigenvalue weighted by Crippen LogP contribution is 2.23. The summed E-state index contributed by atoms with van der Waals surface area (Å²) in [5.41, 5.74) is -0.527. The first-order valence-corrected chi connectivity index (χ1v) is 6.78. The van der Waals surface area contributed by atoms with Crippen molar-refractivity contribution in [1.29, 1.82) is 0 Å². The molecule has 0 heterocycles. The lowest BCUT2D eigenvalue weighted by Crippen LogP contribution is -2.38. The minimum atomic E-state index is -0.527. The third-order valence-electron chi connectivity index (χ3n) is 2.95. The average molecular weight is 228 g/mol. The number of ketones is 1. The number of hydrogen-bond acceptors (Lipinski definition) is 2. The Hall–Kier alpha value is -0.370. The molecule has 2 nitrogen and oxygen atoms in total. The highest BCUT2D eigenvalue weighted by molar-refractivity contribution is 5.86. The molecule has 2 heteroatoms. The first-order chi connectivity index (χ1) is 7.60. The number of rotatable bonds is 10. The van der Waals surface area contributed by atoms with E-state index in [1.807, 2.05) is 13.8 Å². The zero-order valence-corrected chi connectivity index (χ0v) is 11.5. The van der Waals surface area contributed by atoms with Gasteiger partial charge in [-0.1, -0.05) is 40.0 Å². The first kappa shape index (κ1) is 15.6. The summed E-state index contributed by atoms with van der Waals surface area (Å²) in [6.45, 7) is 8.97. The van der Waals surface area contributed by atoms with Crippen LogP contribution in [0.4, 0.5) is 0 Å². The van der Waals surface area contributed by atoms with Gasteiger partial charge in [-0.25, -0.2) is 0 Å². The van der Waals surface area contributed by atoms with Crippen LogP contribution in [0, 0.1) is 0 Å². The van der Waals surface area contributed by atoms with E-state index in [2.05, 4.69) is 13.8 Å².